The van der Waals surface area contributed by atoms with Crippen molar-refractivity contribution in [3.63, 3.8) is 0 Å². The van der Waals surface area contributed by atoms with Gasteiger partial charge in [0.1, 0.15) is 5.78 Å². The number of hydrogen-bond acceptors (Lipinski definition) is 3. The van der Waals surface area contributed by atoms with E-state index in [2.05, 4.69) is 22.5 Å². The Morgan fingerprint density at radius 3 is 2.65 bits per heavy atom. The minimum absolute atomic E-state index is 0.204. The van der Waals surface area contributed by atoms with Gasteiger partial charge in [0.2, 0.25) is 0 Å². The summed E-state index contributed by atoms with van der Waals surface area (Å²) in [5.74, 6) is 1.80. The number of carbonyl (C=O) groups excluding carboxylic acids is 1. The fraction of sp³-hybridized carbons (Fsp3) is 0.500. The van der Waals surface area contributed by atoms with Crippen LogP contribution in [0.1, 0.15) is 30.4 Å². The first kappa shape index (κ1) is 16.8. The summed E-state index contributed by atoms with van der Waals surface area (Å²) in [5.41, 5.74) is 1.50. The van der Waals surface area contributed by atoms with Crippen LogP contribution in [0.25, 0.3) is 0 Å². The summed E-state index contributed by atoms with van der Waals surface area (Å²) in [6.07, 6.45) is 5.24. The summed E-state index contributed by atoms with van der Waals surface area (Å²) in [6.45, 7) is 4.08. The van der Waals surface area contributed by atoms with Crippen LogP contribution in [-0.2, 0) is 16.6 Å². The highest BCUT2D eigenvalue weighted by Gasteiger charge is 2.54. The molecule has 2 aliphatic rings. The lowest BCUT2D eigenvalue weighted by Gasteiger charge is -2.49. The lowest BCUT2D eigenvalue weighted by molar-refractivity contribution is -0.122. The second-order valence-corrected chi connectivity index (χ2v) is 7.51. The van der Waals surface area contributed by atoms with Gasteiger partial charge in [-0.05, 0) is 30.7 Å². The van der Waals surface area contributed by atoms with E-state index in [-0.39, 0.29) is 10.6 Å². The predicted octanol–water partition coefficient (Wildman–Crippen LogP) is 4.47. The van der Waals surface area contributed by atoms with Crippen LogP contribution in [-0.4, -0.2) is 24.8 Å². The summed E-state index contributed by atoms with van der Waals surface area (Å²) in [7, 11) is 3.22. The molecule has 0 N–H and O–H groups in total. The molecule has 1 aromatic rings. The maximum absolute atomic E-state index is 12.5. The van der Waals surface area contributed by atoms with Crippen LogP contribution in [0, 0.1) is 5.92 Å². The number of methoxy groups -OCH3 is 2. The van der Waals surface area contributed by atoms with Gasteiger partial charge in [0.25, 0.3) is 0 Å². The number of ether oxygens (including phenoxy) is 2. The molecule has 0 aliphatic heterocycles. The topological polar surface area (TPSA) is 35.5 Å². The van der Waals surface area contributed by atoms with E-state index < -0.39 is 5.41 Å². The average Bonchev–Trinajstić information content (AvgIpc) is 2.57. The Bertz CT molecular complexity index is 673. The van der Waals surface area contributed by atoms with Gasteiger partial charge >= 0.3 is 0 Å². The molecule has 5 heteroatoms. The number of benzene rings is 1. The number of ketones is 1. The largest absolute Gasteiger partial charge is 0.493 e. The molecule has 2 aliphatic carbocycles. The first-order chi connectivity index (χ1) is 11.0. The minimum Gasteiger partial charge on any atom is -0.493 e. The lowest BCUT2D eigenvalue weighted by atomic mass is 9.56. The molecule has 0 amide bonds. The van der Waals surface area contributed by atoms with Gasteiger partial charge in [0, 0.05) is 28.5 Å². The zero-order valence-electron chi connectivity index (χ0n) is 13.3. The molecule has 0 spiro atoms. The van der Waals surface area contributed by atoms with Crippen LogP contribution in [0.15, 0.2) is 18.7 Å². The minimum atomic E-state index is -0.507. The van der Waals surface area contributed by atoms with E-state index in [0.717, 1.165) is 30.4 Å². The normalized spacial score (nSPS) is 29.5. The maximum Gasteiger partial charge on any atom is 0.165 e. The van der Waals surface area contributed by atoms with Crippen LogP contribution in [0.4, 0.5) is 0 Å². The number of Topliss-reactive ketones (excluding diaryl/α,β-unsaturated/α-hetero) is 1. The number of rotatable bonds is 3. The van der Waals surface area contributed by atoms with Crippen LogP contribution in [0.5, 0.6) is 11.5 Å². The highest BCUT2D eigenvalue weighted by molar-refractivity contribution is 9.10. The van der Waals surface area contributed by atoms with Gasteiger partial charge in [0.05, 0.1) is 19.0 Å². The van der Waals surface area contributed by atoms with Gasteiger partial charge in [-0.25, -0.2) is 0 Å². The molecule has 1 aromatic carbocycles. The van der Waals surface area contributed by atoms with E-state index in [0.29, 0.717) is 28.9 Å². The number of fused-ring (bicyclic) bond motifs is 3. The number of allylic oxidation sites excluding steroid dienone is 1. The molecule has 0 saturated heterocycles. The molecule has 3 nitrogen and oxygen atoms in total. The fourth-order valence-electron chi connectivity index (χ4n) is 4.26. The fourth-order valence-corrected chi connectivity index (χ4v) is 5.57. The third kappa shape index (κ3) is 2.25. The Labute approximate surface area is 150 Å². The average molecular weight is 400 g/mol. The number of alkyl halides is 1. The van der Waals surface area contributed by atoms with E-state index >= 15 is 0 Å². The van der Waals surface area contributed by atoms with Crippen molar-refractivity contribution >= 4 is 33.3 Å². The van der Waals surface area contributed by atoms with Crippen molar-refractivity contribution < 1.29 is 14.3 Å². The summed E-state index contributed by atoms with van der Waals surface area (Å²) in [6, 6.07) is 1.80. The Balaban J connectivity index is 2.36. The SMILES string of the molecule is C=C[C@@]12c3c(c(Cl)cc(OC)c3OC)CC[C@@H]1CCC(=O)[C@H]2Br. The van der Waals surface area contributed by atoms with E-state index in [4.69, 9.17) is 21.1 Å². The van der Waals surface area contributed by atoms with Gasteiger partial charge < -0.3 is 9.47 Å². The first-order valence-electron chi connectivity index (χ1n) is 7.75. The van der Waals surface area contributed by atoms with Crippen molar-refractivity contribution in [2.75, 3.05) is 14.2 Å². The highest BCUT2D eigenvalue weighted by atomic mass is 79.9. The van der Waals surface area contributed by atoms with E-state index in [1.807, 2.05) is 6.08 Å². The summed E-state index contributed by atoms with van der Waals surface area (Å²) in [4.78, 5) is 12.1. The van der Waals surface area contributed by atoms with Crippen LogP contribution in [0.3, 0.4) is 0 Å². The van der Waals surface area contributed by atoms with Crippen molar-refractivity contribution in [2.45, 2.75) is 35.9 Å². The van der Waals surface area contributed by atoms with Gasteiger partial charge in [0.15, 0.2) is 11.5 Å². The quantitative estimate of drug-likeness (QED) is 0.556. The third-order valence-electron chi connectivity index (χ3n) is 5.35. The molecule has 1 fully saturated rings. The molecular weight excluding hydrogens is 380 g/mol. The number of halogens is 2. The predicted molar refractivity (Wildman–Crippen MR) is 95.2 cm³/mol. The van der Waals surface area contributed by atoms with Gasteiger partial charge in [-0.1, -0.05) is 33.6 Å². The summed E-state index contributed by atoms with van der Waals surface area (Å²) < 4.78 is 11.2. The van der Waals surface area contributed by atoms with Crippen molar-refractivity contribution in [3.05, 3.63) is 34.9 Å². The van der Waals surface area contributed by atoms with Crippen molar-refractivity contribution in [2.24, 2.45) is 5.92 Å². The maximum atomic E-state index is 12.5. The second-order valence-electron chi connectivity index (χ2n) is 6.19. The molecule has 23 heavy (non-hydrogen) atoms. The smallest absolute Gasteiger partial charge is 0.165 e. The Morgan fingerprint density at radius 2 is 2.04 bits per heavy atom. The molecule has 0 aromatic heterocycles. The monoisotopic (exact) mass is 398 g/mol. The second kappa shape index (κ2) is 6.14. The molecule has 0 bridgehead atoms. The molecular formula is C18H20BrClO3. The highest BCUT2D eigenvalue weighted by Crippen LogP contribution is 2.57. The Morgan fingerprint density at radius 1 is 1.35 bits per heavy atom. The van der Waals surface area contributed by atoms with Crippen molar-refractivity contribution in [3.8, 4) is 11.5 Å². The van der Waals surface area contributed by atoms with Crippen LogP contribution in [0.2, 0.25) is 5.02 Å². The summed E-state index contributed by atoms with van der Waals surface area (Å²) >= 11 is 10.2. The van der Waals surface area contributed by atoms with Gasteiger partial charge in [-0.2, -0.15) is 0 Å². The molecule has 3 rings (SSSR count). The Hall–Kier alpha value is -1.00. The van der Waals surface area contributed by atoms with Crippen LogP contribution >= 0.6 is 27.5 Å². The van der Waals surface area contributed by atoms with Crippen molar-refractivity contribution in [1.29, 1.82) is 0 Å². The van der Waals surface area contributed by atoms with Gasteiger partial charge in [-0.3, -0.25) is 4.79 Å². The molecule has 0 radical (unpaired) electrons. The molecule has 0 heterocycles. The number of hydrogen-bond donors (Lipinski definition) is 0. The zero-order chi connectivity index (χ0) is 16.8. The molecule has 0 unspecified atom stereocenters. The lowest BCUT2D eigenvalue weighted by Crippen LogP contribution is -2.51. The standard InChI is InChI=1S/C18H20BrClO3/c1-4-18-10(6-8-13(21)17(18)19)5-7-11-12(20)9-14(22-2)16(23-3)15(11)18/h4,9-10,17H,1,5-8H2,2-3H3/t10-,17-,18+/m1/s1. The first-order valence-corrected chi connectivity index (χ1v) is 9.04. The van der Waals surface area contributed by atoms with E-state index in [1.54, 1.807) is 20.3 Å². The number of carbonyl (C=O) groups is 1. The van der Waals surface area contributed by atoms with E-state index in [1.165, 1.54) is 0 Å². The van der Waals surface area contributed by atoms with E-state index in [9.17, 15) is 4.79 Å². The molecule has 3 atom stereocenters. The molecule has 1 saturated carbocycles. The zero-order valence-corrected chi connectivity index (χ0v) is 15.7. The third-order valence-corrected chi connectivity index (χ3v) is 6.96. The summed E-state index contributed by atoms with van der Waals surface area (Å²) in [5, 5.41) is 0.662. The Kier molecular flexibility index (Phi) is 4.49. The molecule has 124 valence electrons. The van der Waals surface area contributed by atoms with Gasteiger partial charge in [-0.15, -0.1) is 6.58 Å². The van der Waals surface area contributed by atoms with Crippen LogP contribution < -0.4 is 9.47 Å². The van der Waals surface area contributed by atoms with Crippen molar-refractivity contribution in [1.82, 2.24) is 0 Å².